The van der Waals surface area contributed by atoms with Gasteiger partial charge in [-0.05, 0) is 37.5 Å². The normalized spacial score (nSPS) is 14.3. The van der Waals surface area contributed by atoms with Gasteiger partial charge >= 0.3 is 0 Å². The van der Waals surface area contributed by atoms with Gasteiger partial charge in [-0.1, -0.05) is 11.6 Å². The Morgan fingerprint density at radius 2 is 2.03 bits per heavy atom. The number of nitrogens with one attached hydrogen (secondary N) is 1. The van der Waals surface area contributed by atoms with Crippen molar-refractivity contribution in [2.75, 3.05) is 13.1 Å². The summed E-state index contributed by atoms with van der Waals surface area (Å²) >= 11 is 6.63. The zero-order valence-electron chi connectivity index (χ0n) is 17.3. The number of imidazole rings is 1. The number of hydrogen-bond acceptors (Lipinski definition) is 4. The maximum atomic E-state index is 13.2. The van der Waals surface area contributed by atoms with E-state index in [1.165, 1.54) is 0 Å². The van der Waals surface area contributed by atoms with Crippen LogP contribution >= 0.6 is 20.8 Å². The van der Waals surface area contributed by atoms with Crippen molar-refractivity contribution in [2.45, 2.75) is 26.1 Å². The summed E-state index contributed by atoms with van der Waals surface area (Å²) in [6.45, 7) is 3.49. The molecule has 1 aliphatic rings. The number of carbonyl (C=O) groups excluding carboxylic acids is 1. The van der Waals surface area contributed by atoms with Gasteiger partial charge in [0.05, 0.1) is 21.6 Å². The number of amides is 1. The number of hydrogen-bond donors (Lipinski definition) is 1. The van der Waals surface area contributed by atoms with Crippen molar-refractivity contribution in [3.05, 3.63) is 44.8 Å². The lowest BCUT2D eigenvalue weighted by Crippen LogP contribution is -2.28. The van der Waals surface area contributed by atoms with Crippen LogP contribution in [-0.2, 0) is 13.3 Å². The SMILES string of the molecule is Cc1cc2nc(-c3c(Cl)c4nn(C)cc4n(CP)c3=O)[nH]c2cc1C(=O)N1CCCC1. The highest BCUT2D eigenvalue weighted by atomic mass is 35.5. The zero-order valence-corrected chi connectivity index (χ0v) is 19.2. The summed E-state index contributed by atoms with van der Waals surface area (Å²) in [5.41, 5.74) is 4.12. The second kappa shape index (κ2) is 7.46. The van der Waals surface area contributed by atoms with E-state index >= 15 is 0 Å². The molecular weight excluding hydrogens is 435 g/mol. The van der Waals surface area contributed by atoms with E-state index in [0.29, 0.717) is 39.7 Å². The van der Waals surface area contributed by atoms with Crippen LogP contribution in [0.2, 0.25) is 5.02 Å². The second-order valence-corrected chi connectivity index (χ2v) is 8.65. The molecule has 0 spiro atoms. The van der Waals surface area contributed by atoms with Crippen molar-refractivity contribution in [1.82, 2.24) is 29.2 Å². The first-order valence-corrected chi connectivity index (χ1v) is 11.3. The number of nitrogens with zero attached hydrogens (tertiary/aromatic N) is 5. The van der Waals surface area contributed by atoms with E-state index in [-0.39, 0.29) is 22.1 Å². The highest BCUT2D eigenvalue weighted by Crippen LogP contribution is 2.31. The number of aryl methyl sites for hydroxylation is 2. The summed E-state index contributed by atoms with van der Waals surface area (Å²) < 4.78 is 3.24. The van der Waals surface area contributed by atoms with Gasteiger partial charge < -0.3 is 14.5 Å². The van der Waals surface area contributed by atoms with E-state index < -0.39 is 0 Å². The van der Waals surface area contributed by atoms with Gasteiger partial charge in [0.25, 0.3) is 11.5 Å². The molecular formula is C21H22ClN6O2P. The number of aromatic nitrogens is 5. The molecule has 1 aromatic carbocycles. The van der Waals surface area contributed by atoms with E-state index in [1.807, 2.05) is 24.0 Å². The predicted octanol–water partition coefficient (Wildman–Crippen LogP) is 3.31. The first-order chi connectivity index (χ1) is 14.9. The molecule has 4 aromatic rings. The number of pyridine rings is 1. The Morgan fingerprint density at radius 3 is 2.74 bits per heavy atom. The number of halogens is 1. The maximum absolute atomic E-state index is 13.2. The van der Waals surface area contributed by atoms with E-state index in [9.17, 15) is 9.59 Å². The van der Waals surface area contributed by atoms with E-state index in [0.717, 1.165) is 31.5 Å². The molecule has 0 bridgehead atoms. The molecule has 4 heterocycles. The van der Waals surface area contributed by atoms with Crippen molar-refractivity contribution >= 4 is 48.8 Å². The third-order valence-electron chi connectivity index (χ3n) is 5.86. The fourth-order valence-electron chi connectivity index (χ4n) is 4.27. The molecule has 8 nitrogen and oxygen atoms in total. The molecule has 160 valence electrons. The Balaban J connectivity index is 1.69. The molecule has 1 N–H and O–H groups in total. The van der Waals surface area contributed by atoms with Gasteiger partial charge in [0.1, 0.15) is 16.9 Å². The van der Waals surface area contributed by atoms with E-state index in [1.54, 1.807) is 22.5 Å². The number of benzene rings is 1. The topological polar surface area (TPSA) is 88.8 Å². The first-order valence-electron chi connectivity index (χ1n) is 10.1. The van der Waals surface area contributed by atoms with E-state index in [2.05, 4.69) is 24.3 Å². The largest absolute Gasteiger partial charge is 0.339 e. The molecule has 1 amide bonds. The molecule has 0 radical (unpaired) electrons. The number of likely N-dealkylation sites (tertiary alicyclic amines) is 1. The average Bonchev–Trinajstić information content (AvgIpc) is 3.47. The fourth-order valence-corrected chi connectivity index (χ4v) is 4.94. The lowest BCUT2D eigenvalue weighted by molar-refractivity contribution is 0.0792. The van der Waals surface area contributed by atoms with Gasteiger partial charge in [0, 0.05) is 38.2 Å². The summed E-state index contributed by atoms with van der Waals surface area (Å²) in [5.74, 6) is 0.404. The number of H-pyrrole nitrogens is 1. The number of carbonyl (C=O) groups is 1. The molecule has 10 heteroatoms. The van der Waals surface area contributed by atoms with Crippen LogP contribution in [0.5, 0.6) is 0 Å². The van der Waals surface area contributed by atoms with Crippen molar-refractivity contribution in [1.29, 1.82) is 0 Å². The molecule has 0 saturated carbocycles. The predicted molar refractivity (Wildman–Crippen MR) is 125 cm³/mol. The number of fused-ring (bicyclic) bond motifs is 2. The van der Waals surface area contributed by atoms with Crippen molar-refractivity contribution in [3.8, 4) is 11.4 Å². The van der Waals surface area contributed by atoms with Crippen molar-refractivity contribution in [3.63, 3.8) is 0 Å². The van der Waals surface area contributed by atoms with Gasteiger partial charge in [-0.2, -0.15) is 5.10 Å². The molecule has 1 unspecified atom stereocenters. The monoisotopic (exact) mass is 456 g/mol. The summed E-state index contributed by atoms with van der Waals surface area (Å²) in [6, 6.07) is 3.70. The van der Waals surface area contributed by atoms with Crippen LogP contribution in [0.1, 0.15) is 28.8 Å². The second-order valence-electron chi connectivity index (χ2n) is 7.91. The van der Waals surface area contributed by atoms with Crippen LogP contribution in [-0.4, -0.2) is 48.2 Å². The molecule has 1 saturated heterocycles. The van der Waals surface area contributed by atoms with Crippen LogP contribution in [0, 0.1) is 6.92 Å². The molecule has 1 atom stereocenters. The lowest BCUT2D eigenvalue weighted by atomic mass is 10.1. The molecule has 3 aromatic heterocycles. The molecule has 1 aliphatic heterocycles. The van der Waals surface area contributed by atoms with Crippen LogP contribution in [0.4, 0.5) is 0 Å². The maximum Gasteiger partial charge on any atom is 0.264 e. The van der Waals surface area contributed by atoms with Crippen LogP contribution < -0.4 is 5.56 Å². The summed E-state index contributed by atoms with van der Waals surface area (Å²) in [4.78, 5) is 35.9. The van der Waals surface area contributed by atoms with Crippen molar-refractivity contribution in [2.24, 2.45) is 7.05 Å². The number of rotatable bonds is 3. The highest BCUT2D eigenvalue weighted by molar-refractivity contribution is 7.15. The zero-order chi connectivity index (χ0) is 21.9. The number of aromatic amines is 1. The summed E-state index contributed by atoms with van der Waals surface area (Å²) in [7, 11) is 4.35. The molecule has 31 heavy (non-hydrogen) atoms. The van der Waals surface area contributed by atoms with Crippen molar-refractivity contribution < 1.29 is 4.79 Å². The fraction of sp³-hybridized carbons (Fsp3) is 0.333. The van der Waals surface area contributed by atoms with Gasteiger partial charge in [0.2, 0.25) is 0 Å². The molecule has 0 aliphatic carbocycles. The first kappa shape index (κ1) is 20.2. The minimum absolute atomic E-state index is 0.0337. The van der Waals surface area contributed by atoms with Gasteiger partial charge in [-0.3, -0.25) is 14.3 Å². The van der Waals surface area contributed by atoms with Crippen LogP contribution in [0.15, 0.2) is 23.1 Å². The minimum Gasteiger partial charge on any atom is -0.339 e. The summed E-state index contributed by atoms with van der Waals surface area (Å²) in [6.07, 6.45) is 4.25. The van der Waals surface area contributed by atoms with Gasteiger partial charge in [-0.15, -0.1) is 9.24 Å². The Morgan fingerprint density at radius 1 is 1.29 bits per heavy atom. The smallest absolute Gasteiger partial charge is 0.264 e. The average molecular weight is 457 g/mol. The quantitative estimate of drug-likeness (QED) is 0.479. The standard InChI is InChI=1S/C21H22ClN6O2P/c1-11-7-13-14(8-12(11)20(29)27-5-3-4-6-27)24-19(23-13)16-17(22)18-15(9-26(2)25-18)28(10-31)21(16)30/h7-9H,3-6,10,31H2,1-2H3,(H,23,24). The minimum atomic E-state index is -0.246. The summed E-state index contributed by atoms with van der Waals surface area (Å²) in [5, 5.41) is 4.69. The Kier molecular flexibility index (Phi) is 4.87. The Bertz CT molecular complexity index is 1410. The Hall–Kier alpha value is -2.70. The molecule has 1 fully saturated rings. The Labute approximate surface area is 185 Å². The third kappa shape index (κ3) is 3.17. The van der Waals surface area contributed by atoms with Gasteiger partial charge in [-0.25, -0.2) is 4.98 Å². The van der Waals surface area contributed by atoms with E-state index in [4.69, 9.17) is 11.6 Å². The third-order valence-corrected chi connectivity index (χ3v) is 6.59. The lowest BCUT2D eigenvalue weighted by Gasteiger charge is -2.16. The van der Waals surface area contributed by atoms with Gasteiger partial charge in [0.15, 0.2) is 0 Å². The van der Waals surface area contributed by atoms with Crippen LogP contribution in [0.25, 0.3) is 33.5 Å². The van der Waals surface area contributed by atoms with Crippen LogP contribution in [0.3, 0.4) is 0 Å². The highest BCUT2D eigenvalue weighted by Gasteiger charge is 2.24. The molecule has 5 rings (SSSR count).